The summed E-state index contributed by atoms with van der Waals surface area (Å²) in [6.07, 6.45) is 1.75. The van der Waals surface area contributed by atoms with Crippen LogP contribution in [0.1, 0.15) is 23.2 Å². The Kier molecular flexibility index (Phi) is 4.72. The van der Waals surface area contributed by atoms with Crippen LogP contribution in [0.25, 0.3) is 0 Å². The first-order chi connectivity index (χ1) is 11.1. The Morgan fingerprint density at radius 3 is 2.52 bits per heavy atom. The quantitative estimate of drug-likeness (QED) is 0.901. The summed E-state index contributed by atoms with van der Waals surface area (Å²) in [5, 5.41) is 13.8. The van der Waals surface area contributed by atoms with Gasteiger partial charge in [-0.05, 0) is 43.2 Å². The molecule has 0 radical (unpaired) electrons. The number of likely N-dealkylation sites (tertiary alicyclic amines) is 1. The third-order valence-electron chi connectivity index (χ3n) is 4.12. The summed E-state index contributed by atoms with van der Waals surface area (Å²) in [5.41, 5.74) is 1.37. The SMILES string of the molecule is O=C(c1cc(Cl)ccc1O)N1CCC(Nc2ccccc2)CC1. The van der Waals surface area contributed by atoms with E-state index in [2.05, 4.69) is 5.32 Å². The van der Waals surface area contributed by atoms with Gasteiger partial charge >= 0.3 is 0 Å². The van der Waals surface area contributed by atoms with Crippen molar-refractivity contribution in [3.05, 3.63) is 59.1 Å². The van der Waals surface area contributed by atoms with Crippen molar-refractivity contribution in [2.45, 2.75) is 18.9 Å². The minimum Gasteiger partial charge on any atom is -0.507 e. The van der Waals surface area contributed by atoms with Crippen molar-refractivity contribution >= 4 is 23.2 Å². The minimum atomic E-state index is -0.164. The summed E-state index contributed by atoms with van der Waals surface area (Å²) in [6.45, 7) is 1.32. The molecule has 0 bridgehead atoms. The standard InChI is InChI=1S/C18H19ClN2O2/c19-13-6-7-17(22)16(12-13)18(23)21-10-8-15(9-11-21)20-14-4-2-1-3-5-14/h1-7,12,15,20,22H,8-11H2. The Labute approximate surface area is 140 Å². The molecule has 5 heteroatoms. The highest BCUT2D eigenvalue weighted by molar-refractivity contribution is 6.31. The van der Waals surface area contributed by atoms with Gasteiger partial charge in [-0.3, -0.25) is 4.79 Å². The van der Waals surface area contributed by atoms with Crippen LogP contribution >= 0.6 is 11.6 Å². The van der Waals surface area contributed by atoms with Gasteiger partial charge in [0.05, 0.1) is 5.56 Å². The van der Waals surface area contributed by atoms with E-state index in [1.54, 1.807) is 11.0 Å². The summed E-state index contributed by atoms with van der Waals surface area (Å²) in [7, 11) is 0. The number of halogens is 1. The first-order valence-electron chi connectivity index (χ1n) is 7.73. The number of phenolic OH excluding ortho intramolecular Hbond substituents is 1. The molecule has 2 aromatic carbocycles. The van der Waals surface area contributed by atoms with Crippen LogP contribution in [0.4, 0.5) is 5.69 Å². The molecule has 0 aliphatic carbocycles. The van der Waals surface area contributed by atoms with Gasteiger partial charge in [-0.15, -0.1) is 0 Å². The predicted molar refractivity (Wildman–Crippen MR) is 92.1 cm³/mol. The van der Waals surface area contributed by atoms with Crippen LogP contribution in [0.15, 0.2) is 48.5 Å². The highest BCUT2D eigenvalue weighted by Crippen LogP contribution is 2.25. The topological polar surface area (TPSA) is 52.6 Å². The molecule has 120 valence electrons. The normalized spacial score (nSPS) is 15.4. The average molecular weight is 331 g/mol. The van der Waals surface area contributed by atoms with Gasteiger partial charge in [0.2, 0.25) is 0 Å². The number of hydrogen-bond acceptors (Lipinski definition) is 3. The molecule has 0 unspecified atom stereocenters. The molecule has 0 aromatic heterocycles. The maximum absolute atomic E-state index is 12.5. The van der Waals surface area contributed by atoms with E-state index in [1.165, 1.54) is 12.1 Å². The van der Waals surface area contributed by atoms with E-state index in [1.807, 2.05) is 30.3 Å². The fraction of sp³-hybridized carbons (Fsp3) is 0.278. The molecule has 1 fully saturated rings. The van der Waals surface area contributed by atoms with Crippen LogP contribution in [0.2, 0.25) is 5.02 Å². The van der Waals surface area contributed by atoms with Crippen LogP contribution in [0, 0.1) is 0 Å². The first kappa shape index (κ1) is 15.7. The molecule has 2 N–H and O–H groups in total. The molecule has 1 heterocycles. The van der Waals surface area contributed by atoms with Crippen LogP contribution < -0.4 is 5.32 Å². The molecule has 0 atom stereocenters. The van der Waals surface area contributed by atoms with Gasteiger partial charge in [0, 0.05) is 29.8 Å². The van der Waals surface area contributed by atoms with Crippen molar-refractivity contribution in [2.75, 3.05) is 18.4 Å². The number of rotatable bonds is 3. The number of benzene rings is 2. The van der Waals surface area contributed by atoms with E-state index in [-0.39, 0.29) is 17.2 Å². The third-order valence-corrected chi connectivity index (χ3v) is 4.35. The number of anilines is 1. The Hall–Kier alpha value is -2.20. The maximum atomic E-state index is 12.5. The first-order valence-corrected chi connectivity index (χ1v) is 8.10. The number of hydrogen-bond donors (Lipinski definition) is 2. The minimum absolute atomic E-state index is 0.0241. The number of phenols is 1. The van der Waals surface area contributed by atoms with E-state index in [4.69, 9.17) is 11.6 Å². The predicted octanol–water partition coefficient (Wildman–Crippen LogP) is 3.76. The molecule has 1 amide bonds. The number of nitrogens with zero attached hydrogens (tertiary/aromatic N) is 1. The molecule has 1 aliphatic rings. The number of piperidine rings is 1. The molecule has 2 aromatic rings. The Balaban J connectivity index is 1.60. The van der Waals surface area contributed by atoms with Crippen molar-refractivity contribution in [1.29, 1.82) is 0 Å². The van der Waals surface area contributed by atoms with Gasteiger partial charge in [0.15, 0.2) is 0 Å². The van der Waals surface area contributed by atoms with Crippen LogP contribution in [0.5, 0.6) is 5.75 Å². The van der Waals surface area contributed by atoms with Gasteiger partial charge in [0.25, 0.3) is 5.91 Å². The lowest BCUT2D eigenvalue weighted by molar-refractivity contribution is 0.0715. The van der Waals surface area contributed by atoms with E-state index in [9.17, 15) is 9.90 Å². The van der Waals surface area contributed by atoms with Gasteiger partial charge in [-0.1, -0.05) is 29.8 Å². The van der Waals surface area contributed by atoms with E-state index < -0.39 is 0 Å². The summed E-state index contributed by atoms with van der Waals surface area (Å²) >= 11 is 5.92. The largest absolute Gasteiger partial charge is 0.507 e. The molecular formula is C18H19ClN2O2. The lowest BCUT2D eigenvalue weighted by Gasteiger charge is -2.33. The molecule has 23 heavy (non-hydrogen) atoms. The highest BCUT2D eigenvalue weighted by Gasteiger charge is 2.25. The van der Waals surface area contributed by atoms with Gasteiger partial charge in [0.1, 0.15) is 5.75 Å². The number of para-hydroxylation sites is 1. The Bertz CT molecular complexity index is 683. The van der Waals surface area contributed by atoms with Gasteiger partial charge in [-0.2, -0.15) is 0 Å². The summed E-state index contributed by atoms with van der Waals surface area (Å²) in [4.78, 5) is 14.3. The smallest absolute Gasteiger partial charge is 0.257 e. The number of carbonyl (C=O) groups excluding carboxylic acids is 1. The second kappa shape index (κ2) is 6.92. The van der Waals surface area contributed by atoms with Crippen molar-refractivity contribution in [1.82, 2.24) is 4.90 Å². The zero-order chi connectivity index (χ0) is 16.2. The number of amides is 1. The molecule has 0 saturated carbocycles. The second-order valence-electron chi connectivity index (χ2n) is 5.74. The summed E-state index contributed by atoms with van der Waals surface area (Å²) < 4.78 is 0. The van der Waals surface area contributed by atoms with Gasteiger partial charge in [-0.25, -0.2) is 0 Å². The monoisotopic (exact) mass is 330 g/mol. The van der Waals surface area contributed by atoms with Crippen LogP contribution in [-0.4, -0.2) is 35.0 Å². The Morgan fingerprint density at radius 1 is 1.13 bits per heavy atom. The average Bonchev–Trinajstić information content (AvgIpc) is 2.58. The van der Waals surface area contributed by atoms with Crippen molar-refractivity contribution in [2.24, 2.45) is 0 Å². The molecule has 0 spiro atoms. The van der Waals surface area contributed by atoms with E-state index in [0.29, 0.717) is 24.2 Å². The van der Waals surface area contributed by atoms with Crippen molar-refractivity contribution < 1.29 is 9.90 Å². The van der Waals surface area contributed by atoms with Crippen LogP contribution in [0.3, 0.4) is 0 Å². The maximum Gasteiger partial charge on any atom is 0.257 e. The molecule has 3 rings (SSSR count). The zero-order valence-corrected chi connectivity index (χ0v) is 13.5. The molecule has 1 aliphatic heterocycles. The summed E-state index contributed by atoms with van der Waals surface area (Å²) in [6, 6.07) is 15.0. The van der Waals surface area contributed by atoms with Crippen LogP contribution in [-0.2, 0) is 0 Å². The highest BCUT2D eigenvalue weighted by atomic mass is 35.5. The van der Waals surface area contributed by atoms with E-state index >= 15 is 0 Å². The zero-order valence-electron chi connectivity index (χ0n) is 12.7. The number of aromatic hydroxyl groups is 1. The second-order valence-corrected chi connectivity index (χ2v) is 6.17. The molecule has 4 nitrogen and oxygen atoms in total. The lowest BCUT2D eigenvalue weighted by atomic mass is 10.0. The number of nitrogens with one attached hydrogen (secondary N) is 1. The lowest BCUT2D eigenvalue weighted by Crippen LogP contribution is -2.42. The molecule has 1 saturated heterocycles. The van der Waals surface area contributed by atoms with E-state index in [0.717, 1.165) is 18.5 Å². The van der Waals surface area contributed by atoms with Crippen molar-refractivity contribution in [3.8, 4) is 5.75 Å². The fourth-order valence-corrected chi connectivity index (χ4v) is 3.02. The number of carbonyl (C=O) groups is 1. The van der Waals surface area contributed by atoms with Gasteiger partial charge < -0.3 is 15.3 Å². The summed E-state index contributed by atoms with van der Waals surface area (Å²) in [5.74, 6) is -0.188. The fourth-order valence-electron chi connectivity index (χ4n) is 2.85. The Morgan fingerprint density at radius 2 is 1.83 bits per heavy atom. The van der Waals surface area contributed by atoms with Crippen molar-refractivity contribution in [3.63, 3.8) is 0 Å². The third kappa shape index (κ3) is 3.77. The molecular weight excluding hydrogens is 312 g/mol.